The van der Waals surface area contributed by atoms with Crippen molar-refractivity contribution in [3.05, 3.63) is 12.7 Å². The maximum atomic E-state index is 3.89. The summed E-state index contributed by atoms with van der Waals surface area (Å²) in [5.41, 5.74) is 1.74. The lowest BCUT2D eigenvalue weighted by Crippen LogP contribution is -2.62. The van der Waals surface area contributed by atoms with E-state index in [1.807, 2.05) is 0 Å². The number of allylic oxidation sites excluding steroid dienone is 1. The van der Waals surface area contributed by atoms with Gasteiger partial charge in [-0.2, -0.15) is 0 Å². The van der Waals surface area contributed by atoms with Crippen LogP contribution in [0, 0.1) is 5.92 Å². The molecular formula is C10H14N+. The minimum atomic E-state index is 0.822. The Labute approximate surface area is 67.4 Å². The van der Waals surface area contributed by atoms with Crippen LogP contribution in [-0.2, 0) is 0 Å². The highest BCUT2D eigenvalue weighted by molar-refractivity contribution is 5.86. The molecule has 0 N–H and O–H groups in total. The maximum absolute atomic E-state index is 3.89. The van der Waals surface area contributed by atoms with Crippen LogP contribution < -0.4 is 0 Å². The van der Waals surface area contributed by atoms with Gasteiger partial charge in [0.25, 0.3) is 0 Å². The van der Waals surface area contributed by atoms with Gasteiger partial charge >= 0.3 is 0 Å². The predicted octanol–water partition coefficient (Wildman–Crippen LogP) is 1.58. The van der Waals surface area contributed by atoms with Gasteiger partial charge in [-0.1, -0.05) is 6.08 Å². The minimum absolute atomic E-state index is 0.822. The molecule has 11 heavy (non-hydrogen) atoms. The van der Waals surface area contributed by atoms with Gasteiger partial charge in [-0.15, -0.1) is 6.58 Å². The fraction of sp³-hybridized carbons (Fsp3) is 0.700. The van der Waals surface area contributed by atoms with Crippen LogP contribution in [0.4, 0.5) is 0 Å². The van der Waals surface area contributed by atoms with E-state index in [4.69, 9.17) is 0 Å². The molecular weight excluding hydrogens is 134 g/mol. The first-order valence-corrected chi connectivity index (χ1v) is 4.64. The van der Waals surface area contributed by atoms with Gasteiger partial charge in [0.2, 0.25) is 0 Å². The van der Waals surface area contributed by atoms with Gasteiger partial charge in [0.05, 0.1) is 12.8 Å². The Balaban J connectivity index is 1.87. The number of piperidine rings is 2. The lowest BCUT2D eigenvalue weighted by atomic mass is 9.72. The summed E-state index contributed by atoms with van der Waals surface area (Å²) in [7, 11) is 0. The summed E-state index contributed by atoms with van der Waals surface area (Å²) in [4.78, 5) is 0. The molecule has 0 radical (unpaired) electrons. The molecule has 0 aromatic rings. The van der Waals surface area contributed by atoms with E-state index in [-0.39, 0.29) is 0 Å². The van der Waals surface area contributed by atoms with Crippen molar-refractivity contribution in [2.75, 3.05) is 0 Å². The molecule has 3 aliphatic rings. The van der Waals surface area contributed by atoms with Crippen molar-refractivity contribution < 1.29 is 4.58 Å². The number of rotatable bonds is 1. The standard InChI is InChI=1S/C10H14N/c1-2-7-3-8-5-10-6-9(4-7)11(8)10/h2,7-9H,1,3-6H2/q+1/t7?,8-,9?/m0/s1. The molecule has 0 aliphatic carbocycles. The molecule has 0 aromatic carbocycles. The van der Waals surface area contributed by atoms with Crippen LogP contribution in [-0.4, -0.2) is 22.4 Å². The largest absolute Gasteiger partial charge is 0.230 e. The van der Waals surface area contributed by atoms with Crippen LogP contribution in [0.15, 0.2) is 12.7 Å². The summed E-state index contributed by atoms with van der Waals surface area (Å²) in [6.45, 7) is 3.89. The Bertz CT molecular complexity index is 232. The van der Waals surface area contributed by atoms with Crippen LogP contribution in [0.2, 0.25) is 0 Å². The van der Waals surface area contributed by atoms with E-state index >= 15 is 0 Å². The topological polar surface area (TPSA) is 3.01 Å². The molecule has 0 bridgehead atoms. The van der Waals surface area contributed by atoms with E-state index in [9.17, 15) is 0 Å². The second kappa shape index (κ2) is 1.77. The van der Waals surface area contributed by atoms with Crippen LogP contribution in [0.25, 0.3) is 0 Å². The van der Waals surface area contributed by atoms with Crippen molar-refractivity contribution in [3.8, 4) is 0 Å². The quantitative estimate of drug-likeness (QED) is 0.392. The first-order valence-electron chi connectivity index (χ1n) is 4.64. The van der Waals surface area contributed by atoms with Gasteiger partial charge < -0.3 is 0 Å². The van der Waals surface area contributed by atoms with Gasteiger partial charge in [0.1, 0.15) is 0 Å². The van der Waals surface area contributed by atoms with Crippen LogP contribution in [0.3, 0.4) is 0 Å². The molecule has 1 fully saturated rings. The average molecular weight is 148 g/mol. The molecule has 3 aliphatic heterocycles. The third kappa shape index (κ3) is 0.597. The first kappa shape index (κ1) is 5.99. The summed E-state index contributed by atoms with van der Waals surface area (Å²) < 4.78 is 2.65. The van der Waals surface area contributed by atoms with Crippen molar-refractivity contribution >= 4 is 5.71 Å². The summed E-state index contributed by atoms with van der Waals surface area (Å²) in [6.07, 6.45) is 7.72. The molecule has 1 nitrogen and oxygen atoms in total. The lowest BCUT2D eigenvalue weighted by molar-refractivity contribution is -0.665. The third-order valence-electron chi connectivity index (χ3n) is 3.58. The molecule has 3 rings (SSSR count). The molecule has 3 atom stereocenters. The van der Waals surface area contributed by atoms with E-state index < -0.39 is 0 Å². The zero-order chi connectivity index (χ0) is 7.42. The van der Waals surface area contributed by atoms with Gasteiger partial charge in [-0.3, -0.25) is 0 Å². The molecule has 0 aromatic heterocycles. The van der Waals surface area contributed by atoms with Crippen LogP contribution >= 0.6 is 0 Å². The van der Waals surface area contributed by atoms with E-state index in [0.717, 1.165) is 18.0 Å². The molecule has 0 saturated carbocycles. The Morgan fingerprint density at radius 2 is 1.91 bits per heavy atom. The van der Waals surface area contributed by atoms with Crippen LogP contribution in [0.5, 0.6) is 0 Å². The normalized spacial score (nSPS) is 45.6. The Morgan fingerprint density at radius 1 is 1.27 bits per heavy atom. The van der Waals surface area contributed by atoms with Crippen molar-refractivity contribution in [1.29, 1.82) is 0 Å². The Kier molecular flexibility index (Phi) is 0.961. The predicted molar refractivity (Wildman–Crippen MR) is 45.0 cm³/mol. The SMILES string of the molecule is C=CC1CC2CC3=[N+]2[C@H](C3)C1. The van der Waals surface area contributed by atoms with Crippen molar-refractivity contribution in [3.63, 3.8) is 0 Å². The second-order valence-corrected chi connectivity index (χ2v) is 4.16. The van der Waals surface area contributed by atoms with E-state index in [1.54, 1.807) is 5.71 Å². The fourth-order valence-electron chi connectivity index (χ4n) is 3.01. The van der Waals surface area contributed by atoms with Crippen LogP contribution in [0.1, 0.15) is 25.7 Å². The van der Waals surface area contributed by atoms with E-state index in [0.29, 0.717) is 0 Å². The highest BCUT2D eigenvalue weighted by Crippen LogP contribution is 2.41. The molecule has 58 valence electrons. The van der Waals surface area contributed by atoms with E-state index in [2.05, 4.69) is 17.2 Å². The van der Waals surface area contributed by atoms with Gasteiger partial charge in [0, 0.05) is 12.8 Å². The first-order chi connectivity index (χ1) is 5.38. The lowest BCUT2D eigenvalue weighted by Gasteiger charge is -2.45. The molecule has 2 unspecified atom stereocenters. The minimum Gasteiger partial charge on any atom is -0.230 e. The maximum Gasteiger partial charge on any atom is 0.166 e. The zero-order valence-electron chi connectivity index (χ0n) is 6.79. The number of nitrogens with zero attached hydrogens (tertiary/aromatic N) is 1. The zero-order valence-corrected chi connectivity index (χ0v) is 6.79. The third-order valence-corrected chi connectivity index (χ3v) is 3.58. The molecule has 1 saturated heterocycles. The highest BCUT2D eigenvalue weighted by atomic mass is 15.2. The summed E-state index contributed by atoms with van der Waals surface area (Å²) in [5.74, 6) is 0.822. The number of hydrogen-bond donors (Lipinski definition) is 0. The molecule has 0 spiro atoms. The Hall–Kier alpha value is -0.590. The average Bonchev–Trinajstić information content (AvgIpc) is 1.92. The summed E-state index contributed by atoms with van der Waals surface area (Å²) >= 11 is 0. The summed E-state index contributed by atoms with van der Waals surface area (Å²) in [6, 6.07) is 1.83. The number of hydrogen-bond acceptors (Lipinski definition) is 0. The molecule has 3 heterocycles. The van der Waals surface area contributed by atoms with Gasteiger partial charge in [-0.25, -0.2) is 4.58 Å². The van der Waals surface area contributed by atoms with Gasteiger partial charge in [0.15, 0.2) is 17.8 Å². The summed E-state index contributed by atoms with van der Waals surface area (Å²) in [5, 5.41) is 0. The highest BCUT2D eigenvalue weighted by Gasteiger charge is 2.55. The Morgan fingerprint density at radius 3 is 2.36 bits per heavy atom. The molecule has 0 amide bonds. The molecule has 1 heteroatoms. The van der Waals surface area contributed by atoms with Gasteiger partial charge in [-0.05, 0) is 5.92 Å². The van der Waals surface area contributed by atoms with Crippen molar-refractivity contribution in [1.82, 2.24) is 0 Å². The second-order valence-electron chi connectivity index (χ2n) is 4.16. The monoisotopic (exact) mass is 148 g/mol. The fourth-order valence-corrected chi connectivity index (χ4v) is 3.01. The van der Waals surface area contributed by atoms with Crippen molar-refractivity contribution in [2.45, 2.75) is 37.8 Å². The van der Waals surface area contributed by atoms with Crippen molar-refractivity contribution in [2.24, 2.45) is 5.92 Å². The smallest absolute Gasteiger partial charge is 0.166 e. The van der Waals surface area contributed by atoms with E-state index in [1.165, 1.54) is 25.7 Å².